The molecule has 1 aliphatic rings. The van der Waals surface area contributed by atoms with Crippen LogP contribution in [0.25, 0.3) is 0 Å². The fraction of sp³-hybridized carbons (Fsp3) is 0.500. The third kappa shape index (κ3) is 3.36. The SMILES string of the molecule is CC(C)Sc1ccc(NC(=O)C2(Cl)CC2)cn1. The van der Waals surface area contributed by atoms with Crippen molar-refractivity contribution in [3.05, 3.63) is 18.3 Å². The van der Waals surface area contributed by atoms with E-state index < -0.39 is 4.87 Å². The van der Waals surface area contributed by atoms with E-state index >= 15 is 0 Å². The molecule has 1 amide bonds. The van der Waals surface area contributed by atoms with Gasteiger partial charge >= 0.3 is 0 Å². The highest BCUT2D eigenvalue weighted by Gasteiger charge is 2.48. The minimum atomic E-state index is -0.661. The molecule has 1 saturated carbocycles. The van der Waals surface area contributed by atoms with Crippen LogP contribution in [0.4, 0.5) is 5.69 Å². The number of hydrogen-bond acceptors (Lipinski definition) is 3. The number of carbonyl (C=O) groups excluding carboxylic acids is 1. The molecule has 17 heavy (non-hydrogen) atoms. The Morgan fingerprint density at radius 1 is 1.53 bits per heavy atom. The first-order chi connectivity index (χ1) is 7.99. The molecule has 5 heteroatoms. The number of nitrogens with one attached hydrogen (secondary N) is 1. The normalized spacial score (nSPS) is 16.9. The van der Waals surface area contributed by atoms with Gasteiger partial charge in [0.2, 0.25) is 5.91 Å². The molecule has 1 heterocycles. The monoisotopic (exact) mass is 270 g/mol. The molecule has 1 aromatic heterocycles. The summed E-state index contributed by atoms with van der Waals surface area (Å²) in [6.07, 6.45) is 3.19. The van der Waals surface area contributed by atoms with E-state index in [-0.39, 0.29) is 5.91 Å². The van der Waals surface area contributed by atoms with E-state index in [0.29, 0.717) is 10.9 Å². The summed E-state index contributed by atoms with van der Waals surface area (Å²) in [4.78, 5) is 15.3. The highest BCUT2D eigenvalue weighted by atomic mass is 35.5. The first-order valence-electron chi connectivity index (χ1n) is 5.63. The molecule has 0 bridgehead atoms. The van der Waals surface area contributed by atoms with Gasteiger partial charge in [0.25, 0.3) is 0 Å². The molecule has 3 nitrogen and oxygen atoms in total. The van der Waals surface area contributed by atoms with E-state index in [4.69, 9.17) is 11.6 Å². The number of rotatable bonds is 4. The molecule has 1 aromatic rings. The van der Waals surface area contributed by atoms with Crippen molar-refractivity contribution in [1.82, 2.24) is 4.98 Å². The van der Waals surface area contributed by atoms with Gasteiger partial charge in [-0.15, -0.1) is 23.4 Å². The van der Waals surface area contributed by atoms with Gasteiger partial charge in [-0.3, -0.25) is 4.79 Å². The molecule has 1 fully saturated rings. The third-order valence-corrected chi connectivity index (χ3v) is 3.95. The van der Waals surface area contributed by atoms with Gasteiger partial charge in [-0.2, -0.15) is 0 Å². The summed E-state index contributed by atoms with van der Waals surface area (Å²) in [5.74, 6) is -0.120. The van der Waals surface area contributed by atoms with Gasteiger partial charge in [0, 0.05) is 5.25 Å². The number of aromatic nitrogens is 1. The molecule has 0 atom stereocenters. The van der Waals surface area contributed by atoms with Crippen LogP contribution in [0.3, 0.4) is 0 Å². The largest absolute Gasteiger partial charge is 0.323 e. The van der Waals surface area contributed by atoms with Crippen molar-refractivity contribution in [2.75, 3.05) is 5.32 Å². The van der Waals surface area contributed by atoms with Gasteiger partial charge in [0.15, 0.2) is 0 Å². The van der Waals surface area contributed by atoms with E-state index in [2.05, 4.69) is 24.1 Å². The van der Waals surface area contributed by atoms with Crippen molar-refractivity contribution < 1.29 is 4.79 Å². The van der Waals surface area contributed by atoms with Crippen molar-refractivity contribution >= 4 is 35.0 Å². The van der Waals surface area contributed by atoms with E-state index in [1.54, 1.807) is 18.0 Å². The highest BCUT2D eigenvalue weighted by molar-refractivity contribution is 7.99. The Kier molecular flexibility index (Phi) is 3.64. The molecule has 92 valence electrons. The van der Waals surface area contributed by atoms with Crippen molar-refractivity contribution in [2.45, 2.75) is 41.8 Å². The number of carbonyl (C=O) groups is 1. The predicted molar refractivity (Wildman–Crippen MR) is 71.7 cm³/mol. The van der Waals surface area contributed by atoms with Crippen LogP contribution in [-0.4, -0.2) is 21.0 Å². The van der Waals surface area contributed by atoms with Crippen LogP contribution in [0.2, 0.25) is 0 Å². The Balaban J connectivity index is 1.96. The molecule has 0 unspecified atom stereocenters. The lowest BCUT2D eigenvalue weighted by Gasteiger charge is -2.09. The summed E-state index contributed by atoms with van der Waals surface area (Å²) in [5, 5.41) is 4.25. The lowest BCUT2D eigenvalue weighted by Crippen LogP contribution is -2.24. The molecule has 0 saturated heterocycles. The van der Waals surface area contributed by atoms with Gasteiger partial charge in [-0.25, -0.2) is 4.98 Å². The fourth-order valence-electron chi connectivity index (χ4n) is 1.35. The summed E-state index contributed by atoms with van der Waals surface area (Å²) in [5.41, 5.74) is 0.704. The van der Waals surface area contributed by atoms with E-state index in [1.165, 1.54) is 0 Å². The molecule has 1 N–H and O–H groups in total. The Hall–Kier alpha value is -0.740. The van der Waals surface area contributed by atoms with Gasteiger partial charge in [-0.1, -0.05) is 13.8 Å². The Bertz CT molecular complexity index is 415. The van der Waals surface area contributed by atoms with E-state index in [9.17, 15) is 4.79 Å². The van der Waals surface area contributed by atoms with Crippen LogP contribution >= 0.6 is 23.4 Å². The Labute approximate surface area is 110 Å². The maximum Gasteiger partial charge on any atom is 0.245 e. The molecule has 0 aliphatic heterocycles. The van der Waals surface area contributed by atoms with Crippen LogP contribution in [0.1, 0.15) is 26.7 Å². The number of halogens is 1. The maximum atomic E-state index is 11.7. The zero-order valence-corrected chi connectivity index (χ0v) is 11.4. The number of thioether (sulfide) groups is 1. The molecule has 0 radical (unpaired) electrons. The van der Waals surface area contributed by atoms with Crippen LogP contribution in [0, 0.1) is 0 Å². The number of anilines is 1. The molecule has 0 aromatic carbocycles. The zero-order valence-electron chi connectivity index (χ0n) is 9.87. The molecular formula is C12H15ClN2OS. The third-order valence-electron chi connectivity index (χ3n) is 2.45. The van der Waals surface area contributed by atoms with Crippen LogP contribution < -0.4 is 5.32 Å². The maximum absolute atomic E-state index is 11.7. The summed E-state index contributed by atoms with van der Waals surface area (Å²) in [6, 6.07) is 3.77. The van der Waals surface area contributed by atoms with Crippen LogP contribution in [-0.2, 0) is 4.79 Å². The number of alkyl halides is 1. The second kappa shape index (κ2) is 4.86. The summed E-state index contributed by atoms with van der Waals surface area (Å²) >= 11 is 7.70. The van der Waals surface area contributed by atoms with Crippen molar-refractivity contribution in [3.8, 4) is 0 Å². The molecular weight excluding hydrogens is 256 g/mol. The number of pyridine rings is 1. The van der Waals surface area contributed by atoms with Gasteiger partial charge in [-0.05, 0) is 25.0 Å². The second-order valence-electron chi connectivity index (χ2n) is 4.47. The fourth-order valence-corrected chi connectivity index (χ4v) is 2.23. The number of nitrogens with zero attached hydrogens (tertiary/aromatic N) is 1. The lowest BCUT2D eigenvalue weighted by atomic mass is 10.3. The topological polar surface area (TPSA) is 42.0 Å². The summed E-state index contributed by atoms with van der Waals surface area (Å²) in [6.45, 7) is 4.23. The van der Waals surface area contributed by atoms with Crippen molar-refractivity contribution in [3.63, 3.8) is 0 Å². The van der Waals surface area contributed by atoms with Crippen LogP contribution in [0.5, 0.6) is 0 Å². The predicted octanol–water partition coefficient (Wildman–Crippen LogP) is 3.29. The van der Waals surface area contributed by atoms with E-state index in [0.717, 1.165) is 17.9 Å². The lowest BCUT2D eigenvalue weighted by molar-refractivity contribution is -0.116. The highest BCUT2D eigenvalue weighted by Crippen LogP contribution is 2.43. The molecule has 1 aliphatic carbocycles. The van der Waals surface area contributed by atoms with E-state index in [1.807, 2.05) is 12.1 Å². The Morgan fingerprint density at radius 2 is 2.24 bits per heavy atom. The first kappa shape index (κ1) is 12.7. The second-order valence-corrected chi connectivity index (χ2v) is 6.79. The van der Waals surface area contributed by atoms with Crippen molar-refractivity contribution in [1.29, 1.82) is 0 Å². The smallest absolute Gasteiger partial charge is 0.245 e. The zero-order chi connectivity index (χ0) is 12.5. The van der Waals surface area contributed by atoms with Gasteiger partial charge < -0.3 is 5.32 Å². The number of hydrogen-bond donors (Lipinski definition) is 1. The van der Waals surface area contributed by atoms with Crippen LogP contribution in [0.15, 0.2) is 23.4 Å². The summed E-state index contributed by atoms with van der Waals surface area (Å²) < 4.78 is 0. The number of amides is 1. The quantitative estimate of drug-likeness (QED) is 0.674. The first-order valence-corrected chi connectivity index (χ1v) is 6.88. The average molecular weight is 271 g/mol. The Morgan fingerprint density at radius 3 is 2.71 bits per heavy atom. The minimum absolute atomic E-state index is 0.120. The summed E-state index contributed by atoms with van der Waals surface area (Å²) in [7, 11) is 0. The minimum Gasteiger partial charge on any atom is -0.323 e. The van der Waals surface area contributed by atoms with Crippen molar-refractivity contribution in [2.24, 2.45) is 0 Å². The standard InChI is InChI=1S/C12H15ClN2OS/c1-8(2)17-10-4-3-9(7-14-10)15-11(16)12(13)5-6-12/h3-4,7-8H,5-6H2,1-2H3,(H,15,16). The molecule has 2 rings (SSSR count). The van der Waals surface area contributed by atoms with Gasteiger partial charge in [0.05, 0.1) is 16.9 Å². The average Bonchev–Trinajstić information content (AvgIpc) is 3.00. The van der Waals surface area contributed by atoms with Gasteiger partial charge in [0.1, 0.15) is 4.87 Å². The molecule has 0 spiro atoms.